The van der Waals surface area contributed by atoms with E-state index in [2.05, 4.69) is 40.8 Å². The molecular formula is C13H15BrN6O. The van der Waals surface area contributed by atoms with Gasteiger partial charge >= 0.3 is 0 Å². The molecule has 8 heteroatoms. The molecule has 0 aromatic carbocycles. The first kappa shape index (κ1) is 14.0. The highest BCUT2D eigenvalue weighted by Crippen LogP contribution is 2.16. The zero-order valence-corrected chi connectivity index (χ0v) is 13.2. The average Bonchev–Trinajstić information content (AvgIpc) is 2.51. The molecule has 110 valence electrons. The van der Waals surface area contributed by atoms with Crippen molar-refractivity contribution in [3.05, 3.63) is 39.5 Å². The van der Waals surface area contributed by atoms with E-state index in [1.165, 1.54) is 4.68 Å². The SMILES string of the molecule is Cn1ncc(N2CCN(c3ncc(Br)cn3)CC2)cc1=O. The minimum atomic E-state index is -0.0915. The lowest BCUT2D eigenvalue weighted by Crippen LogP contribution is -2.47. The van der Waals surface area contributed by atoms with Gasteiger partial charge in [0.25, 0.3) is 5.56 Å². The number of piperazine rings is 1. The fourth-order valence-corrected chi connectivity index (χ4v) is 2.47. The van der Waals surface area contributed by atoms with Crippen molar-refractivity contribution in [2.75, 3.05) is 36.0 Å². The third-order valence-electron chi connectivity index (χ3n) is 3.49. The topological polar surface area (TPSA) is 67.2 Å². The van der Waals surface area contributed by atoms with Crippen LogP contribution in [-0.2, 0) is 7.05 Å². The summed E-state index contributed by atoms with van der Waals surface area (Å²) in [5, 5.41) is 4.06. The first-order chi connectivity index (χ1) is 10.1. The summed E-state index contributed by atoms with van der Waals surface area (Å²) in [6.45, 7) is 3.26. The Labute approximate surface area is 130 Å². The van der Waals surface area contributed by atoms with E-state index in [4.69, 9.17) is 0 Å². The van der Waals surface area contributed by atoms with Gasteiger partial charge in [-0.3, -0.25) is 4.79 Å². The fourth-order valence-electron chi connectivity index (χ4n) is 2.27. The highest BCUT2D eigenvalue weighted by Gasteiger charge is 2.19. The van der Waals surface area contributed by atoms with Crippen LogP contribution in [0.4, 0.5) is 11.6 Å². The maximum Gasteiger partial charge on any atom is 0.268 e. The molecule has 7 nitrogen and oxygen atoms in total. The maximum absolute atomic E-state index is 11.6. The second-order valence-corrected chi connectivity index (χ2v) is 5.77. The number of aromatic nitrogens is 4. The first-order valence-corrected chi connectivity index (χ1v) is 7.43. The number of aryl methyl sites for hydroxylation is 1. The third kappa shape index (κ3) is 3.05. The van der Waals surface area contributed by atoms with E-state index in [0.717, 1.165) is 42.3 Å². The largest absolute Gasteiger partial charge is 0.367 e. The molecule has 0 saturated carbocycles. The van der Waals surface area contributed by atoms with E-state index in [-0.39, 0.29) is 5.56 Å². The van der Waals surface area contributed by atoms with Crippen LogP contribution < -0.4 is 15.4 Å². The van der Waals surface area contributed by atoms with Crippen LogP contribution in [0.2, 0.25) is 0 Å². The van der Waals surface area contributed by atoms with Crippen LogP contribution >= 0.6 is 15.9 Å². The molecule has 0 bridgehead atoms. The summed E-state index contributed by atoms with van der Waals surface area (Å²) >= 11 is 3.33. The van der Waals surface area contributed by atoms with Crippen molar-refractivity contribution < 1.29 is 0 Å². The van der Waals surface area contributed by atoms with Crippen molar-refractivity contribution in [2.45, 2.75) is 0 Å². The molecule has 21 heavy (non-hydrogen) atoms. The number of hydrogen-bond donors (Lipinski definition) is 0. The molecule has 0 atom stereocenters. The first-order valence-electron chi connectivity index (χ1n) is 6.64. The minimum Gasteiger partial charge on any atom is -0.367 e. The Morgan fingerprint density at radius 2 is 1.67 bits per heavy atom. The van der Waals surface area contributed by atoms with Crippen molar-refractivity contribution in [3.8, 4) is 0 Å². The van der Waals surface area contributed by atoms with Gasteiger partial charge in [-0.1, -0.05) is 0 Å². The van der Waals surface area contributed by atoms with Gasteiger partial charge in [-0.25, -0.2) is 14.6 Å². The van der Waals surface area contributed by atoms with Crippen LogP contribution in [0.3, 0.4) is 0 Å². The molecule has 1 aliphatic rings. The summed E-state index contributed by atoms with van der Waals surface area (Å²) in [4.78, 5) is 24.6. The smallest absolute Gasteiger partial charge is 0.268 e. The van der Waals surface area contributed by atoms with Gasteiger partial charge < -0.3 is 9.80 Å². The van der Waals surface area contributed by atoms with Crippen molar-refractivity contribution in [1.29, 1.82) is 0 Å². The molecule has 0 aliphatic carbocycles. The van der Waals surface area contributed by atoms with Gasteiger partial charge in [0.15, 0.2) is 0 Å². The predicted octanol–water partition coefficient (Wildman–Crippen LogP) is 0.659. The van der Waals surface area contributed by atoms with Crippen molar-refractivity contribution >= 4 is 27.6 Å². The van der Waals surface area contributed by atoms with E-state index < -0.39 is 0 Å². The van der Waals surface area contributed by atoms with Crippen LogP contribution in [0.15, 0.2) is 33.9 Å². The summed E-state index contributed by atoms with van der Waals surface area (Å²) in [5.41, 5.74) is 0.778. The lowest BCUT2D eigenvalue weighted by atomic mass is 10.3. The zero-order chi connectivity index (χ0) is 14.8. The Balaban J connectivity index is 1.68. The normalized spacial score (nSPS) is 15.3. The number of anilines is 2. The molecule has 1 fully saturated rings. The highest BCUT2D eigenvalue weighted by atomic mass is 79.9. The van der Waals surface area contributed by atoms with Crippen LogP contribution in [0.25, 0.3) is 0 Å². The van der Waals surface area contributed by atoms with Crippen molar-refractivity contribution in [2.24, 2.45) is 7.05 Å². The molecule has 0 spiro atoms. The second kappa shape index (κ2) is 5.80. The molecule has 2 aromatic rings. The Morgan fingerprint density at radius 1 is 1.05 bits per heavy atom. The average molecular weight is 351 g/mol. The summed E-state index contributed by atoms with van der Waals surface area (Å²) in [7, 11) is 1.65. The maximum atomic E-state index is 11.6. The molecule has 0 amide bonds. The second-order valence-electron chi connectivity index (χ2n) is 4.85. The summed E-state index contributed by atoms with van der Waals surface area (Å²) in [5.74, 6) is 0.736. The van der Waals surface area contributed by atoms with Crippen LogP contribution in [0.1, 0.15) is 0 Å². The van der Waals surface area contributed by atoms with E-state index in [1.807, 2.05) is 0 Å². The van der Waals surface area contributed by atoms with Crippen molar-refractivity contribution in [1.82, 2.24) is 19.7 Å². The van der Waals surface area contributed by atoms with Crippen molar-refractivity contribution in [3.63, 3.8) is 0 Å². The summed E-state index contributed by atoms with van der Waals surface area (Å²) in [6, 6.07) is 1.62. The zero-order valence-electron chi connectivity index (χ0n) is 11.6. The van der Waals surface area contributed by atoms with Gasteiger partial charge in [-0.2, -0.15) is 5.10 Å². The van der Waals surface area contributed by atoms with Gasteiger partial charge in [0, 0.05) is 51.7 Å². The highest BCUT2D eigenvalue weighted by molar-refractivity contribution is 9.10. The van der Waals surface area contributed by atoms with Gasteiger partial charge in [-0.15, -0.1) is 0 Å². The van der Waals surface area contributed by atoms with E-state index in [0.29, 0.717) is 0 Å². The lowest BCUT2D eigenvalue weighted by molar-refractivity contribution is 0.632. The summed E-state index contributed by atoms with van der Waals surface area (Å²) in [6.07, 6.45) is 5.23. The Morgan fingerprint density at radius 3 is 2.29 bits per heavy atom. The van der Waals surface area contributed by atoms with Crippen LogP contribution in [-0.4, -0.2) is 45.9 Å². The molecule has 2 aromatic heterocycles. The van der Waals surface area contributed by atoms with Gasteiger partial charge in [0.05, 0.1) is 16.4 Å². The molecule has 1 aliphatic heterocycles. The van der Waals surface area contributed by atoms with Gasteiger partial charge in [0.2, 0.25) is 5.95 Å². The van der Waals surface area contributed by atoms with E-state index in [1.54, 1.807) is 31.7 Å². The van der Waals surface area contributed by atoms with Gasteiger partial charge in [0.1, 0.15) is 0 Å². The monoisotopic (exact) mass is 350 g/mol. The standard InChI is InChI=1S/C13H15BrN6O/c1-18-12(21)6-11(9-17-18)19-2-4-20(5-3-19)13-15-7-10(14)8-16-13/h6-9H,2-5H2,1H3. The molecular weight excluding hydrogens is 336 g/mol. The number of rotatable bonds is 2. The fraction of sp³-hybridized carbons (Fsp3) is 0.385. The molecule has 3 rings (SSSR count). The molecule has 0 unspecified atom stereocenters. The summed E-state index contributed by atoms with van der Waals surface area (Å²) < 4.78 is 2.20. The molecule has 0 N–H and O–H groups in total. The molecule has 0 radical (unpaired) electrons. The van der Waals surface area contributed by atoms with Gasteiger partial charge in [-0.05, 0) is 15.9 Å². The lowest BCUT2D eigenvalue weighted by Gasteiger charge is -2.35. The molecule has 1 saturated heterocycles. The van der Waals surface area contributed by atoms with Crippen LogP contribution in [0, 0.1) is 0 Å². The molecule has 3 heterocycles. The Kier molecular flexibility index (Phi) is 3.87. The Bertz CT molecular complexity index is 678. The van der Waals surface area contributed by atoms with E-state index in [9.17, 15) is 4.79 Å². The number of halogens is 1. The quantitative estimate of drug-likeness (QED) is 0.792. The Hall–Kier alpha value is -1.96. The minimum absolute atomic E-state index is 0.0915. The third-order valence-corrected chi connectivity index (χ3v) is 3.90. The number of hydrogen-bond acceptors (Lipinski definition) is 6. The predicted molar refractivity (Wildman–Crippen MR) is 83.6 cm³/mol. The van der Waals surface area contributed by atoms with Crippen LogP contribution in [0.5, 0.6) is 0 Å². The number of nitrogens with zero attached hydrogens (tertiary/aromatic N) is 6. The van der Waals surface area contributed by atoms with E-state index >= 15 is 0 Å².